The Bertz CT molecular complexity index is 813. The van der Waals surface area contributed by atoms with Crippen molar-refractivity contribution >= 4 is 34.2 Å². The van der Waals surface area contributed by atoms with E-state index in [1.165, 1.54) is 10.9 Å². The Morgan fingerprint density at radius 1 is 1.09 bits per heavy atom. The van der Waals surface area contributed by atoms with Gasteiger partial charge < -0.3 is 15.2 Å². The van der Waals surface area contributed by atoms with E-state index in [0.717, 1.165) is 13.0 Å². The second kappa shape index (κ2) is 7.20. The number of nitrogens with one attached hydrogen (secondary N) is 2. The van der Waals surface area contributed by atoms with Gasteiger partial charge >= 0.3 is 6.03 Å². The maximum atomic E-state index is 11.8. The Morgan fingerprint density at radius 3 is 2.83 bits per heavy atom. The van der Waals surface area contributed by atoms with Crippen LogP contribution in [0.15, 0.2) is 60.8 Å². The number of fused-ring (bicyclic) bond motifs is 1. The molecule has 2 amide bonds. The number of rotatable bonds is 5. The van der Waals surface area contributed by atoms with Crippen LogP contribution in [-0.4, -0.2) is 17.1 Å². The minimum Gasteiger partial charge on any atom is -0.347 e. The van der Waals surface area contributed by atoms with Crippen molar-refractivity contribution in [2.24, 2.45) is 0 Å². The molecule has 0 saturated heterocycles. The molecule has 0 radical (unpaired) electrons. The smallest absolute Gasteiger partial charge is 0.319 e. The van der Waals surface area contributed by atoms with Crippen molar-refractivity contribution in [2.45, 2.75) is 13.0 Å². The molecule has 3 rings (SSSR count). The predicted molar refractivity (Wildman–Crippen MR) is 95.0 cm³/mol. The highest BCUT2D eigenvalue weighted by atomic mass is 35.5. The molecule has 0 aliphatic rings. The van der Waals surface area contributed by atoms with Gasteiger partial charge in [0.25, 0.3) is 0 Å². The normalized spacial score (nSPS) is 10.7. The summed E-state index contributed by atoms with van der Waals surface area (Å²) < 4.78 is 2.20. The number of benzene rings is 2. The fourth-order valence-corrected chi connectivity index (χ4v) is 2.72. The minimum atomic E-state index is -0.218. The summed E-state index contributed by atoms with van der Waals surface area (Å²) in [5.74, 6) is 0. The molecule has 1 aromatic heterocycles. The monoisotopic (exact) mass is 327 g/mol. The first-order valence-electron chi connectivity index (χ1n) is 7.57. The SMILES string of the molecule is O=C(NCCCn1ccc2ccccc21)Nc1cccc(Cl)c1. The predicted octanol–water partition coefficient (Wildman–Crippen LogP) is 4.51. The molecule has 3 aromatic rings. The van der Waals surface area contributed by atoms with E-state index in [2.05, 4.69) is 39.6 Å². The molecular formula is C18H18ClN3O. The molecule has 0 aliphatic heterocycles. The Morgan fingerprint density at radius 2 is 1.96 bits per heavy atom. The molecule has 118 valence electrons. The van der Waals surface area contributed by atoms with Crippen LogP contribution < -0.4 is 10.6 Å². The van der Waals surface area contributed by atoms with Gasteiger partial charge in [-0.1, -0.05) is 35.9 Å². The molecule has 1 heterocycles. The molecule has 0 unspecified atom stereocenters. The molecule has 5 heteroatoms. The van der Waals surface area contributed by atoms with Crippen molar-refractivity contribution in [3.8, 4) is 0 Å². The standard InChI is InChI=1S/C18H18ClN3O/c19-15-6-3-7-16(13-15)21-18(23)20-10-4-11-22-12-9-14-5-1-2-8-17(14)22/h1-3,5-9,12-13H,4,10-11H2,(H2,20,21,23). The Hall–Kier alpha value is -2.46. The van der Waals surface area contributed by atoms with Gasteiger partial charge in [-0.3, -0.25) is 0 Å². The van der Waals surface area contributed by atoms with Crippen molar-refractivity contribution in [3.63, 3.8) is 0 Å². The van der Waals surface area contributed by atoms with Gasteiger partial charge in [-0.2, -0.15) is 0 Å². The topological polar surface area (TPSA) is 46.1 Å². The summed E-state index contributed by atoms with van der Waals surface area (Å²) in [6.45, 7) is 1.48. The lowest BCUT2D eigenvalue weighted by Crippen LogP contribution is -2.30. The third-order valence-corrected chi connectivity index (χ3v) is 3.86. The fourth-order valence-electron chi connectivity index (χ4n) is 2.53. The molecule has 2 aromatic carbocycles. The average molecular weight is 328 g/mol. The quantitative estimate of drug-likeness (QED) is 0.666. The summed E-state index contributed by atoms with van der Waals surface area (Å²) in [5.41, 5.74) is 1.90. The third-order valence-electron chi connectivity index (χ3n) is 3.62. The Labute approximate surface area is 140 Å². The number of nitrogens with zero attached hydrogens (tertiary/aromatic N) is 1. The molecular weight excluding hydrogens is 310 g/mol. The zero-order chi connectivity index (χ0) is 16.1. The zero-order valence-corrected chi connectivity index (χ0v) is 13.4. The van der Waals surface area contributed by atoms with Gasteiger partial charge in [0.05, 0.1) is 0 Å². The number of para-hydroxylation sites is 1. The van der Waals surface area contributed by atoms with Gasteiger partial charge in [-0.05, 0) is 42.1 Å². The highest BCUT2D eigenvalue weighted by molar-refractivity contribution is 6.30. The maximum Gasteiger partial charge on any atom is 0.319 e. The van der Waals surface area contributed by atoms with Crippen LogP contribution in [0.25, 0.3) is 10.9 Å². The number of aromatic nitrogens is 1. The Kier molecular flexibility index (Phi) is 4.83. The van der Waals surface area contributed by atoms with Gasteiger partial charge in [0, 0.05) is 35.5 Å². The summed E-state index contributed by atoms with van der Waals surface area (Å²) in [5, 5.41) is 7.45. The molecule has 2 N–H and O–H groups in total. The van der Waals surface area contributed by atoms with Crippen LogP contribution in [0.2, 0.25) is 5.02 Å². The second-order valence-corrected chi connectivity index (χ2v) is 5.75. The first-order valence-corrected chi connectivity index (χ1v) is 7.94. The number of hydrogen-bond donors (Lipinski definition) is 2. The van der Waals surface area contributed by atoms with Crippen LogP contribution in [0.1, 0.15) is 6.42 Å². The van der Waals surface area contributed by atoms with Gasteiger partial charge in [0.15, 0.2) is 0 Å². The largest absolute Gasteiger partial charge is 0.347 e. The summed E-state index contributed by atoms with van der Waals surface area (Å²) in [7, 11) is 0. The van der Waals surface area contributed by atoms with Crippen LogP contribution in [0.5, 0.6) is 0 Å². The molecule has 0 atom stereocenters. The van der Waals surface area contributed by atoms with Crippen LogP contribution in [0.4, 0.5) is 10.5 Å². The maximum absolute atomic E-state index is 11.8. The molecule has 0 fully saturated rings. The summed E-state index contributed by atoms with van der Waals surface area (Å²) >= 11 is 5.89. The van der Waals surface area contributed by atoms with E-state index in [1.807, 2.05) is 12.1 Å². The molecule has 0 spiro atoms. The number of amides is 2. The zero-order valence-electron chi connectivity index (χ0n) is 12.6. The number of carbonyl (C=O) groups is 1. The van der Waals surface area contributed by atoms with Crippen LogP contribution in [0.3, 0.4) is 0 Å². The highest BCUT2D eigenvalue weighted by Gasteiger charge is 2.03. The van der Waals surface area contributed by atoms with Gasteiger partial charge in [-0.15, -0.1) is 0 Å². The third kappa shape index (κ3) is 4.05. The molecule has 0 aliphatic carbocycles. The summed E-state index contributed by atoms with van der Waals surface area (Å²) in [6, 6.07) is 17.3. The average Bonchev–Trinajstić information content (AvgIpc) is 2.95. The second-order valence-electron chi connectivity index (χ2n) is 5.31. The lowest BCUT2D eigenvalue weighted by molar-refractivity contribution is 0.252. The summed E-state index contributed by atoms with van der Waals surface area (Å²) in [4.78, 5) is 11.8. The Balaban J connectivity index is 1.45. The first kappa shape index (κ1) is 15.4. The van der Waals surface area contributed by atoms with Crippen molar-refractivity contribution in [3.05, 3.63) is 65.8 Å². The van der Waals surface area contributed by atoms with E-state index >= 15 is 0 Å². The number of aryl methyl sites for hydroxylation is 1. The molecule has 0 saturated carbocycles. The van der Waals surface area contributed by atoms with E-state index in [1.54, 1.807) is 24.3 Å². The molecule has 23 heavy (non-hydrogen) atoms. The lowest BCUT2D eigenvalue weighted by atomic mass is 10.2. The van der Waals surface area contributed by atoms with Crippen LogP contribution in [-0.2, 0) is 6.54 Å². The van der Waals surface area contributed by atoms with Crippen LogP contribution >= 0.6 is 11.6 Å². The van der Waals surface area contributed by atoms with Crippen molar-refractivity contribution in [2.75, 3.05) is 11.9 Å². The molecule has 4 nitrogen and oxygen atoms in total. The minimum absolute atomic E-state index is 0.218. The van der Waals surface area contributed by atoms with E-state index in [4.69, 9.17) is 11.6 Å². The lowest BCUT2D eigenvalue weighted by Gasteiger charge is -2.09. The fraction of sp³-hybridized carbons (Fsp3) is 0.167. The number of halogens is 1. The number of carbonyl (C=O) groups excluding carboxylic acids is 1. The number of hydrogen-bond acceptors (Lipinski definition) is 1. The van der Waals surface area contributed by atoms with Crippen molar-refractivity contribution in [1.82, 2.24) is 9.88 Å². The summed E-state index contributed by atoms with van der Waals surface area (Å²) in [6.07, 6.45) is 2.94. The van der Waals surface area contributed by atoms with E-state index in [9.17, 15) is 4.79 Å². The molecule has 0 bridgehead atoms. The van der Waals surface area contributed by atoms with Crippen molar-refractivity contribution in [1.29, 1.82) is 0 Å². The van der Waals surface area contributed by atoms with E-state index in [0.29, 0.717) is 17.3 Å². The highest BCUT2D eigenvalue weighted by Crippen LogP contribution is 2.16. The van der Waals surface area contributed by atoms with E-state index < -0.39 is 0 Å². The van der Waals surface area contributed by atoms with Gasteiger partial charge in [-0.25, -0.2) is 4.79 Å². The van der Waals surface area contributed by atoms with Gasteiger partial charge in [0.1, 0.15) is 0 Å². The van der Waals surface area contributed by atoms with Gasteiger partial charge in [0.2, 0.25) is 0 Å². The number of urea groups is 1. The first-order chi connectivity index (χ1) is 11.2. The van der Waals surface area contributed by atoms with Crippen molar-refractivity contribution < 1.29 is 4.79 Å². The van der Waals surface area contributed by atoms with E-state index in [-0.39, 0.29) is 6.03 Å². The number of anilines is 1. The van der Waals surface area contributed by atoms with Crippen LogP contribution in [0, 0.1) is 0 Å².